The van der Waals surface area contributed by atoms with Crippen LogP contribution in [-0.2, 0) is 6.18 Å². The van der Waals surface area contributed by atoms with Gasteiger partial charge in [0.1, 0.15) is 0 Å². The topological polar surface area (TPSA) is 51.8 Å². The van der Waals surface area contributed by atoms with Crippen molar-refractivity contribution in [2.24, 2.45) is 5.73 Å². The molecule has 3 nitrogen and oxygen atoms in total. The zero-order valence-electron chi connectivity index (χ0n) is 7.65. The first-order valence-corrected chi connectivity index (χ1v) is 3.56. The number of alkyl halides is 3. The van der Waals surface area contributed by atoms with E-state index in [1.54, 1.807) is 6.92 Å². The van der Waals surface area contributed by atoms with Gasteiger partial charge in [-0.2, -0.15) is 13.2 Å². The third-order valence-electron chi connectivity index (χ3n) is 1.45. The van der Waals surface area contributed by atoms with Crippen molar-refractivity contribution in [2.75, 3.05) is 0 Å². The number of hydrogen-bond donors (Lipinski definition) is 1. The first-order chi connectivity index (χ1) is 5.91. The van der Waals surface area contributed by atoms with Gasteiger partial charge in [-0.15, -0.1) is 24.8 Å². The lowest BCUT2D eigenvalue weighted by molar-refractivity contribution is -0.145. The Hall–Kier alpha value is -0.590. The van der Waals surface area contributed by atoms with Crippen LogP contribution in [0.1, 0.15) is 24.4 Å². The predicted octanol–water partition coefficient (Wildman–Crippen LogP) is 2.36. The minimum absolute atomic E-state index is 0. The summed E-state index contributed by atoms with van der Waals surface area (Å²) in [6.07, 6.45) is -2.32. The first kappa shape index (κ1) is 16.8. The lowest BCUT2D eigenvalue weighted by Crippen LogP contribution is -2.13. The van der Waals surface area contributed by atoms with Crippen LogP contribution in [0, 0.1) is 0 Å². The molecule has 0 aliphatic rings. The Bertz CT molecular complexity index is 287. The number of hydrogen-bond acceptors (Lipinski definition) is 3. The molecule has 0 aromatic carbocycles. The number of nitrogens with two attached hydrogens (primary N) is 1. The number of nitrogens with zero attached hydrogens (tertiary/aromatic N) is 2. The summed E-state index contributed by atoms with van der Waals surface area (Å²) in [5.74, 6) is -1.14. The van der Waals surface area contributed by atoms with Crippen molar-refractivity contribution in [1.29, 1.82) is 0 Å². The van der Waals surface area contributed by atoms with Gasteiger partial charge < -0.3 is 5.73 Å². The quantitative estimate of drug-likeness (QED) is 0.847. The third kappa shape index (κ3) is 4.63. The molecule has 0 bridgehead atoms. The summed E-state index contributed by atoms with van der Waals surface area (Å²) in [6, 6.07) is -0.359. The number of halogens is 5. The van der Waals surface area contributed by atoms with Crippen LogP contribution in [0.2, 0.25) is 0 Å². The normalized spacial score (nSPS) is 12.3. The van der Waals surface area contributed by atoms with Gasteiger partial charge in [-0.25, -0.2) is 9.97 Å². The molecule has 1 rings (SSSR count). The van der Waals surface area contributed by atoms with Gasteiger partial charge in [0.2, 0.25) is 5.82 Å². The van der Waals surface area contributed by atoms with Crippen LogP contribution in [0.3, 0.4) is 0 Å². The fourth-order valence-corrected chi connectivity index (χ4v) is 0.720. The lowest BCUT2D eigenvalue weighted by Gasteiger charge is -2.06. The van der Waals surface area contributed by atoms with Crippen molar-refractivity contribution in [3.8, 4) is 0 Å². The van der Waals surface area contributed by atoms with Crippen molar-refractivity contribution in [1.82, 2.24) is 9.97 Å². The summed E-state index contributed by atoms with van der Waals surface area (Å²) in [4.78, 5) is 6.31. The molecule has 1 aromatic rings. The smallest absolute Gasteiger partial charge is 0.324 e. The molecule has 1 atom stereocenters. The first-order valence-electron chi connectivity index (χ1n) is 3.56. The van der Waals surface area contributed by atoms with Crippen molar-refractivity contribution in [3.05, 3.63) is 23.8 Å². The molecule has 0 saturated heterocycles. The van der Waals surface area contributed by atoms with Crippen LogP contribution in [-0.4, -0.2) is 9.97 Å². The minimum Gasteiger partial charge on any atom is -0.324 e. The zero-order valence-corrected chi connectivity index (χ0v) is 9.29. The Morgan fingerprint density at radius 1 is 1.20 bits per heavy atom. The summed E-state index contributed by atoms with van der Waals surface area (Å²) in [6.45, 7) is 1.64. The summed E-state index contributed by atoms with van der Waals surface area (Å²) in [5.41, 5.74) is 5.89. The average Bonchev–Trinajstić information content (AvgIpc) is 2.03. The van der Waals surface area contributed by atoms with Gasteiger partial charge in [0, 0.05) is 24.0 Å². The van der Waals surface area contributed by atoms with Gasteiger partial charge >= 0.3 is 6.18 Å². The highest BCUT2D eigenvalue weighted by molar-refractivity contribution is 5.85. The molecule has 0 saturated carbocycles. The molecular weight excluding hydrogens is 254 g/mol. The van der Waals surface area contributed by atoms with Crippen LogP contribution in [0.4, 0.5) is 13.2 Å². The number of rotatable bonds is 1. The lowest BCUT2D eigenvalue weighted by atomic mass is 10.2. The highest BCUT2D eigenvalue weighted by atomic mass is 35.5. The summed E-state index contributed by atoms with van der Waals surface area (Å²) in [5, 5.41) is 0. The summed E-state index contributed by atoms with van der Waals surface area (Å²) >= 11 is 0. The Balaban J connectivity index is 0. The van der Waals surface area contributed by atoms with Crippen LogP contribution in [0.25, 0.3) is 0 Å². The molecule has 0 spiro atoms. The van der Waals surface area contributed by atoms with E-state index in [1.807, 2.05) is 0 Å². The van der Waals surface area contributed by atoms with E-state index in [4.69, 9.17) is 5.73 Å². The Morgan fingerprint density at radius 3 is 1.87 bits per heavy atom. The van der Waals surface area contributed by atoms with E-state index in [2.05, 4.69) is 9.97 Å². The van der Waals surface area contributed by atoms with Gasteiger partial charge in [-0.1, -0.05) is 0 Å². The van der Waals surface area contributed by atoms with E-state index in [1.165, 1.54) is 0 Å². The van der Waals surface area contributed by atoms with Crippen molar-refractivity contribution in [3.63, 3.8) is 0 Å². The van der Waals surface area contributed by atoms with Crippen molar-refractivity contribution in [2.45, 2.75) is 19.1 Å². The van der Waals surface area contributed by atoms with E-state index in [0.29, 0.717) is 5.56 Å². The highest BCUT2D eigenvalue weighted by Crippen LogP contribution is 2.25. The molecule has 1 aromatic heterocycles. The molecule has 0 amide bonds. The second-order valence-electron chi connectivity index (χ2n) is 2.63. The molecule has 8 heteroatoms. The molecule has 2 N–H and O–H groups in total. The maximum Gasteiger partial charge on any atom is 0.451 e. The molecule has 1 unspecified atom stereocenters. The Labute approximate surface area is 97.1 Å². The average molecular weight is 264 g/mol. The Kier molecular flexibility index (Phi) is 6.84. The summed E-state index contributed by atoms with van der Waals surface area (Å²) < 4.78 is 35.9. The molecule has 0 aliphatic heterocycles. The van der Waals surface area contributed by atoms with Crippen LogP contribution < -0.4 is 5.73 Å². The van der Waals surface area contributed by atoms with E-state index in [0.717, 1.165) is 12.4 Å². The van der Waals surface area contributed by atoms with Gasteiger partial charge in [-0.05, 0) is 6.92 Å². The van der Waals surface area contributed by atoms with Crippen LogP contribution in [0.5, 0.6) is 0 Å². The van der Waals surface area contributed by atoms with Crippen molar-refractivity contribution >= 4 is 24.8 Å². The van der Waals surface area contributed by atoms with E-state index < -0.39 is 12.0 Å². The minimum atomic E-state index is -4.49. The van der Waals surface area contributed by atoms with E-state index >= 15 is 0 Å². The van der Waals surface area contributed by atoms with E-state index in [-0.39, 0.29) is 30.9 Å². The molecule has 1 heterocycles. The van der Waals surface area contributed by atoms with Crippen LogP contribution in [0.15, 0.2) is 12.4 Å². The van der Waals surface area contributed by atoms with Gasteiger partial charge in [0.15, 0.2) is 0 Å². The highest BCUT2D eigenvalue weighted by Gasteiger charge is 2.34. The van der Waals surface area contributed by atoms with Crippen LogP contribution >= 0.6 is 24.8 Å². The molecule has 0 fully saturated rings. The fourth-order valence-electron chi connectivity index (χ4n) is 0.720. The predicted molar refractivity (Wildman–Crippen MR) is 54.1 cm³/mol. The largest absolute Gasteiger partial charge is 0.451 e. The monoisotopic (exact) mass is 263 g/mol. The maximum absolute atomic E-state index is 12.0. The third-order valence-corrected chi connectivity index (χ3v) is 1.45. The molecule has 0 aliphatic carbocycles. The second-order valence-corrected chi connectivity index (χ2v) is 2.63. The van der Waals surface area contributed by atoms with Gasteiger partial charge in [-0.3, -0.25) is 0 Å². The second kappa shape index (κ2) is 6.09. The van der Waals surface area contributed by atoms with Gasteiger partial charge in [0.25, 0.3) is 0 Å². The van der Waals surface area contributed by atoms with E-state index in [9.17, 15) is 13.2 Å². The number of aromatic nitrogens is 2. The standard InChI is InChI=1S/C7H8F3N3.2ClH/c1-4(11)5-2-12-6(13-3-5)7(8,9)10;;/h2-4H,11H2,1H3;2*1H. The fraction of sp³-hybridized carbons (Fsp3) is 0.429. The molecule has 15 heavy (non-hydrogen) atoms. The molecular formula is C7H10Cl2F3N3. The van der Waals surface area contributed by atoms with Crippen molar-refractivity contribution < 1.29 is 13.2 Å². The maximum atomic E-state index is 12.0. The SMILES string of the molecule is CC(N)c1cnc(C(F)(F)F)nc1.Cl.Cl. The van der Waals surface area contributed by atoms with Gasteiger partial charge in [0.05, 0.1) is 0 Å². The zero-order chi connectivity index (χ0) is 10.1. The molecule has 0 radical (unpaired) electrons. The summed E-state index contributed by atoms with van der Waals surface area (Å²) in [7, 11) is 0. The Morgan fingerprint density at radius 2 is 1.60 bits per heavy atom. The molecule has 88 valence electrons.